The molecule has 0 aliphatic rings. The van der Waals surface area contributed by atoms with Gasteiger partial charge in [0.2, 0.25) is 0 Å². The summed E-state index contributed by atoms with van der Waals surface area (Å²) >= 11 is 0. The van der Waals surface area contributed by atoms with Crippen molar-refractivity contribution in [3.8, 4) is 0 Å². The number of tetrazole rings is 1. The lowest BCUT2D eigenvalue weighted by molar-refractivity contribution is 0.732. The van der Waals surface area contributed by atoms with Crippen LogP contribution in [0.25, 0.3) is 5.65 Å². The van der Waals surface area contributed by atoms with E-state index in [9.17, 15) is 0 Å². The molecule has 0 atom stereocenters. The number of anilines is 1. The Morgan fingerprint density at radius 2 is 2.36 bits per heavy atom. The normalized spacial score (nSPS) is 10.6. The number of hydrogen-bond donors (Lipinski definition) is 2. The fraction of sp³-hybridized carbons (Fsp3) is 0.429. The predicted molar refractivity (Wildman–Crippen MR) is 50.7 cm³/mol. The summed E-state index contributed by atoms with van der Waals surface area (Å²) < 4.78 is 1.38. The van der Waals surface area contributed by atoms with Crippen molar-refractivity contribution in [1.29, 1.82) is 0 Å². The average Bonchev–Trinajstić information content (AvgIpc) is 2.65. The smallest absolute Gasteiger partial charge is 0.200 e. The molecule has 74 valence electrons. The highest BCUT2D eigenvalue weighted by Crippen LogP contribution is 2.02. The van der Waals surface area contributed by atoms with Gasteiger partial charge in [0, 0.05) is 6.54 Å². The highest BCUT2D eigenvalue weighted by Gasteiger charge is 1.98. The van der Waals surface area contributed by atoms with Crippen molar-refractivity contribution in [2.75, 3.05) is 18.4 Å². The van der Waals surface area contributed by atoms with E-state index in [0.717, 1.165) is 18.8 Å². The lowest BCUT2D eigenvalue weighted by Gasteiger charge is -2.02. The SMILES string of the molecule is NCCCNc1ccc2nnnn2n1. The summed E-state index contributed by atoms with van der Waals surface area (Å²) in [6.07, 6.45) is 0.912. The summed E-state index contributed by atoms with van der Waals surface area (Å²) in [5, 5.41) is 18.2. The van der Waals surface area contributed by atoms with Gasteiger partial charge in [-0.15, -0.1) is 14.8 Å². The summed E-state index contributed by atoms with van der Waals surface area (Å²) in [5.41, 5.74) is 6.00. The maximum Gasteiger partial charge on any atom is 0.200 e. The van der Waals surface area contributed by atoms with Crippen LogP contribution in [0.4, 0.5) is 5.82 Å². The van der Waals surface area contributed by atoms with Crippen molar-refractivity contribution in [1.82, 2.24) is 25.3 Å². The maximum atomic E-state index is 5.37. The first-order valence-electron chi connectivity index (χ1n) is 4.39. The van der Waals surface area contributed by atoms with E-state index < -0.39 is 0 Å². The van der Waals surface area contributed by atoms with Gasteiger partial charge in [-0.3, -0.25) is 0 Å². The molecule has 0 radical (unpaired) electrons. The van der Waals surface area contributed by atoms with Crippen LogP contribution in [0.3, 0.4) is 0 Å². The van der Waals surface area contributed by atoms with Gasteiger partial charge in [-0.2, -0.15) is 0 Å². The van der Waals surface area contributed by atoms with Crippen LogP contribution in [-0.2, 0) is 0 Å². The zero-order chi connectivity index (χ0) is 9.80. The first-order chi connectivity index (χ1) is 6.90. The minimum absolute atomic E-state index is 0.634. The lowest BCUT2D eigenvalue weighted by atomic mass is 10.4. The predicted octanol–water partition coefficient (Wildman–Crippen LogP) is -0.720. The van der Waals surface area contributed by atoms with E-state index in [1.54, 1.807) is 6.07 Å². The van der Waals surface area contributed by atoms with E-state index in [1.165, 1.54) is 4.63 Å². The molecule has 0 unspecified atom stereocenters. The van der Waals surface area contributed by atoms with E-state index in [1.807, 2.05) is 6.07 Å². The molecule has 2 aromatic heterocycles. The number of hydrogen-bond acceptors (Lipinski definition) is 6. The first-order valence-corrected chi connectivity index (χ1v) is 4.39. The largest absolute Gasteiger partial charge is 0.369 e. The molecule has 2 heterocycles. The fourth-order valence-electron chi connectivity index (χ4n) is 1.06. The molecule has 0 saturated carbocycles. The number of rotatable bonds is 4. The molecular formula is C7H11N7. The molecule has 2 aromatic rings. The monoisotopic (exact) mass is 193 g/mol. The van der Waals surface area contributed by atoms with Crippen molar-refractivity contribution >= 4 is 11.5 Å². The molecule has 0 saturated heterocycles. The molecule has 0 spiro atoms. The van der Waals surface area contributed by atoms with Gasteiger partial charge in [0.05, 0.1) is 0 Å². The highest BCUT2D eigenvalue weighted by molar-refractivity contribution is 5.41. The summed E-state index contributed by atoms with van der Waals surface area (Å²) in [5.74, 6) is 0.748. The van der Waals surface area contributed by atoms with Crippen LogP contribution < -0.4 is 11.1 Å². The third-order valence-corrected chi connectivity index (χ3v) is 1.76. The molecule has 3 N–H and O–H groups in total. The highest BCUT2D eigenvalue weighted by atomic mass is 15.6. The van der Waals surface area contributed by atoms with Crippen molar-refractivity contribution < 1.29 is 0 Å². The summed E-state index contributed by atoms with van der Waals surface area (Å²) in [6, 6.07) is 3.64. The topological polar surface area (TPSA) is 94.0 Å². The zero-order valence-corrected chi connectivity index (χ0v) is 7.59. The van der Waals surface area contributed by atoms with Gasteiger partial charge in [0.1, 0.15) is 5.82 Å². The molecule has 0 amide bonds. The molecule has 2 rings (SSSR count). The molecule has 0 aromatic carbocycles. The van der Waals surface area contributed by atoms with Crippen LogP contribution in [0.2, 0.25) is 0 Å². The second-order valence-electron chi connectivity index (χ2n) is 2.81. The Morgan fingerprint density at radius 3 is 3.21 bits per heavy atom. The summed E-state index contributed by atoms with van der Waals surface area (Å²) in [4.78, 5) is 0. The van der Waals surface area contributed by atoms with E-state index in [0.29, 0.717) is 12.2 Å². The van der Waals surface area contributed by atoms with Gasteiger partial charge in [-0.05, 0) is 35.5 Å². The summed E-state index contributed by atoms with van der Waals surface area (Å²) in [6.45, 7) is 1.47. The van der Waals surface area contributed by atoms with Gasteiger partial charge >= 0.3 is 0 Å². The second-order valence-corrected chi connectivity index (χ2v) is 2.81. The van der Waals surface area contributed by atoms with Crippen LogP contribution in [0.15, 0.2) is 12.1 Å². The second kappa shape index (κ2) is 3.97. The van der Waals surface area contributed by atoms with E-state index in [-0.39, 0.29) is 0 Å². The molecule has 14 heavy (non-hydrogen) atoms. The minimum atomic E-state index is 0.634. The van der Waals surface area contributed by atoms with Crippen LogP contribution in [0.5, 0.6) is 0 Å². The number of fused-ring (bicyclic) bond motifs is 1. The third-order valence-electron chi connectivity index (χ3n) is 1.76. The quantitative estimate of drug-likeness (QED) is 0.622. The van der Waals surface area contributed by atoms with Gasteiger partial charge in [0.25, 0.3) is 0 Å². The van der Waals surface area contributed by atoms with Crippen LogP contribution in [-0.4, -0.2) is 38.3 Å². The molecule has 0 aliphatic heterocycles. The van der Waals surface area contributed by atoms with Gasteiger partial charge in [-0.1, -0.05) is 0 Å². The lowest BCUT2D eigenvalue weighted by Crippen LogP contribution is -2.10. The van der Waals surface area contributed by atoms with Crippen molar-refractivity contribution in [2.45, 2.75) is 6.42 Å². The average molecular weight is 193 g/mol. The Morgan fingerprint density at radius 1 is 1.43 bits per heavy atom. The Hall–Kier alpha value is -1.76. The van der Waals surface area contributed by atoms with Crippen LogP contribution >= 0.6 is 0 Å². The standard InChI is InChI=1S/C7H11N7/c8-4-1-5-9-6-2-3-7-10-12-13-14(7)11-6/h2-3H,1,4-5,8H2,(H,9,11). The first kappa shape index (κ1) is 8.82. The van der Waals surface area contributed by atoms with Gasteiger partial charge in [0.15, 0.2) is 5.65 Å². The summed E-state index contributed by atoms with van der Waals surface area (Å²) in [7, 11) is 0. The fourth-order valence-corrected chi connectivity index (χ4v) is 1.06. The van der Waals surface area contributed by atoms with Crippen molar-refractivity contribution in [3.05, 3.63) is 12.1 Å². The molecule has 0 aliphatic carbocycles. The number of nitrogens with zero attached hydrogens (tertiary/aromatic N) is 5. The van der Waals surface area contributed by atoms with Crippen molar-refractivity contribution in [3.63, 3.8) is 0 Å². The Balaban J connectivity index is 2.10. The third kappa shape index (κ3) is 1.77. The van der Waals surface area contributed by atoms with Crippen molar-refractivity contribution in [2.24, 2.45) is 5.73 Å². The molecule has 7 heteroatoms. The van der Waals surface area contributed by atoms with Crippen LogP contribution in [0, 0.1) is 0 Å². The van der Waals surface area contributed by atoms with Gasteiger partial charge < -0.3 is 11.1 Å². The zero-order valence-electron chi connectivity index (χ0n) is 7.59. The molecule has 7 nitrogen and oxygen atoms in total. The Bertz CT molecular complexity index is 409. The maximum absolute atomic E-state index is 5.37. The number of nitrogens with two attached hydrogens (primary N) is 1. The van der Waals surface area contributed by atoms with E-state index in [4.69, 9.17) is 5.73 Å². The molecule has 0 fully saturated rings. The molecule has 0 bridgehead atoms. The van der Waals surface area contributed by atoms with Gasteiger partial charge in [-0.25, -0.2) is 0 Å². The Kier molecular flexibility index (Phi) is 2.50. The number of aromatic nitrogens is 5. The van der Waals surface area contributed by atoms with E-state index >= 15 is 0 Å². The van der Waals surface area contributed by atoms with Crippen LogP contribution in [0.1, 0.15) is 6.42 Å². The Labute approximate surface area is 80.3 Å². The number of nitrogens with one attached hydrogen (secondary N) is 1. The minimum Gasteiger partial charge on any atom is -0.369 e. The van der Waals surface area contributed by atoms with E-state index in [2.05, 4.69) is 25.9 Å². The molecular weight excluding hydrogens is 182 g/mol.